The number of fused-ring (bicyclic) bond motifs is 3. The Bertz CT molecular complexity index is 1210. The van der Waals surface area contributed by atoms with E-state index in [4.69, 9.17) is 9.72 Å². The third-order valence-electron chi connectivity index (χ3n) is 4.82. The van der Waals surface area contributed by atoms with E-state index in [1.54, 1.807) is 25.5 Å². The average molecular weight is 386 g/mol. The molecule has 0 aliphatic heterocycles. The first kappa shape index (κ1) is 18.8. The molecule has 0 saturated carbocycles. The quantitative estimate of drug-likeness (QED) is 0.399. The van der Waals surface area contributed by atoms with Crippen LogP contribution in [0.5, 0.6) is 0 Å². The van der Waals surface area contributed by atoms with Crippen molar-refractivity contribution in [3.05, 3.63) is 71.3 Å². The maximum absolute atomic E-state index is 12.6. The van der Waals surface area contributed by atoms with E-state index < -0.39 is 5.97 Å². The van der Waals surface area contributed by atoms with Gasteiger partial charge in [-0.15, -0.1) is 0 Å². The minimum atomic E-state index is -0.403. The van der Waals surface area contributed by atoms with Crippen LogP contribution in [0.4, 0.5) is 5.69 Å². The Morgan fingerprint density at radius 1 is 1.17 bits per heavy atom. The van der Waals surface area contributed by atoms with Gasteiger partial charge in [-0.25, -0.2) is 4.79 Å². The zero-order valence-corrected chi connectivity index (χ0v) is 16.7. The number of benzene rings is 1. The molecule has 4 aromatic rings. The highest BCUT2D eigenvalue weighted by atomic mass is 16.5. The number of aryl methyl sites for hydroxylation is 2. The molecule has 0 fully saturated rings. The van der Waals surface area contributed by atoms with Gasteiger partial charge in [0.25, 0.3) is 0 Å². The van der Waals surface area contributed by atoms with E-state index in [9.17, 15) is 4.79 Å². The van der Waals surface area contributed by atoms with Crippen LogP contribution in [-0.4, -0.2) is 27.5 Å². The second-order valence-corrected chi connectivity index (χ2v) is 6.92. The van der Waals surface area contributed by atoms with Gasteiger partial charge in [-0.2, -0.15) is 0 Å². The summed E-state index contributed by atoms with van der Waals surface area (Å²) in [6.45, 7) is 6.59. The highest BCUT2D eigenvalue weighted by molar-refractivity contribution is 6.13. The minimum Gasteiger partial charge on any atom is -0.462 e. The molecule has 0 saturated heterocycles. The number of carbonyl (C=O) groups is 1. The number of rotatable bonds is 5. The van der Waals surface area contributed by atoms with Crippen molar-refractivity contribution in [3.63, 3.8) is 0 Å². The molecule has 0 amide bonds. The molecule has 1 N–H and O–H groups in total. The summed E-state index contributed by atoms with van der Waals surface area (Å²) in [7, 11) is 0. The van der Waals surface area contributed by atoms with Gasteiger partial charge in [0.1, 0.15) is 5.56 Å². The molecule has 0 unspecified atom stereocenters. The SMILES string of the molecule is CCOC(=O)c1cnc2c(c(C)nc3ccc(C)cc32)c1NCc1cccnc1. The van der Waals surface area contributed by atoms with Gasteiger partial charge >= 0.3 is 5.97 Å². The summed E-state index contributed by atoms with van der Waals surface area (Å²) in [5, 5.41) is 5.21. The number of hydrogen-bond acceptors (Lipinski definition) is 6. The fraction of sp³-hybridized carbons (Fsp3) is 0.217. The van der Waals surface area contributed by atoms with E-state index in [0.29, 0.717) is 24.4 Å². The van der Waals surface area contributed by atoms with E-state index in [0.717, 1.165) is 38.6 Å². The number of hydrogen-bond donors (Lipinski definition) is 1. The molecule has 3 heterocycles. The average Bonchev–Trinajstić information content (AvgIpc) is 2.73. The van der Waals surface area contributed by atoms with Gasteiger partial charge in [-0.1, -0.05) is 17.7 Å². The van der Waals surface area contributed by atoms with E-state index in [1.807, 2.05) is 38.1 Å². The minimum absolute atomic E-state index is 0.299. The number of pyridine rings is 3. The van der Waals surface area contributed by atoms with Crippen molar-refractivity contribution in [2.24, 2.45) is 0 Å². The van der Waals surface area contributed by atoms with Gasteiger partial charge < -0.3 is 10.1 Å². The number of anilines is 1. The first-order valence-electron chi connectivity index (χ1n) is 9.58. The van der Waals surface area contributed by atoms with Crippen LogP contribution in [0.1, 0.15) is 34.1 Å². The normalized spacial score (nSPS) is 11.0. The van der Waals surface area contributed by atoms with Crippen molar-refractivity contribution in [2.75, 3.05) is 11.9 Å². The van der Waals surface area contributed by atoms with Crippen molar-refractivity contribution < 1.29 is 9.53 Å². The van der Waals surface area contributed by atoms with E-state index in [-0.39, 0.29) is 0 Å². The highest BCUT2D eigenvalue weighted by Crippen LogP contribution is 2.33. The summed E-state index contributed by atoms with van der Waals surface area (Å²) in [5.74, 6) is -0.403. The topological polar surface area (TPSA) is 77.0 Å². The van der Waals surface area contributed by atoms with Crippen LogP contribution < -0.4 is 5.32 Å². The third-order valence-corrected chi connectivity index (χ3v) is 4.82. The number of aromatic nitrogens is 3. The Morgan fingerprint density at radius 2 is 2.03 bits per heavy atom. The third kappa shape index (κ3) is 3.61. The van der Waals surface area contributed by atoms with Crippen molar-refractivity contribution in [1.82, 2.24) is 15.0 Å². The lowest BCUT2D eigenvalue weighted by molar-refractivity contribution is 0.0527. The molecule has 0 bridgehead atoms. The van der Waals surface area contributed by atoms with Crippen molar-refractivity contribution >= 4 is 33.5 Å². The van der Waals surface area contributed by atoms with E-state index in [1.165, 1.54) is 0 Å². The standard InChI is InChI=1S/C23H22N4O2/c1-4-29-23(28)18-13-26-21-17-10-14(2)7-8-19(17)27-15(3)20(21)22(18)25-12-16-6-5-9-24-11-16/h5-11,13H,4,12H2,1-3H3,(H,25,26). The molecule has 29 heavy (non-hydrogen) atoms. The van der Waals surface area contributed by atoms with Gasteiger partial charge in [0.15, 0.2) is 0 Å². The molecule has 0 spiro atoms. The Balaban J connectivity index is 1.94. The molecule has 1 aromatic carbocycles. The molecule has 0 atom stereocenters. The van der Waals surface area contributed by atoms with Crippen molar-refractivity contribution in [3.8, 4) is 0 Å². The highest BCUT2D eigenvalue weighted by Gasteiger charge is 2.20. The maximum atomic E-state index is 12.6. The molecular weight excluding hydrogens is 364 g/mol. The zero-order chi connectivity index (χ0) is 20.4. The van der Waals surface area contributed by atoms with Gasteiger partial charge in [-0.3, -0.25) is 15.0 Å². The molecule has 0 radical (unpaired) electrons. The van der Waals surface area contributed by atoms with Crippen LogP contribution >= 0.6 is 0 Å². The molecule has 4 rings (SSSR count). The summed E-state index contributed by atoms with van der Waals surface area (Å²) < 4.78 is 5.26. The Labute approximate surface area is 169 Å². The Kier molecular flexibility index (Phi) is 5.08. The van der Waals surface area contributed by atoms with Gasteiger partial charge in [-0.05, 0) is 44.5 Å². The lowest BCUT2D eigenvalue weighted by atomic mass is 10.0. The molecule has 146 valence electrons. The van der Waals surface area contributed by atoms with E-state index >= 15 is 0 Å². The number of ether oxygens (including phenoxy) is 1. The monoisotopic (exact) mass is 386 g/mol. The molecule has 0 aliphatic carbocycles. The van der Waals surface area contributed by atoms with Gasteiger partial charge in [0.2, 0.25) is 0 Å². The molecule has 6 nitrogen and oxygen atoms in total. The summed E-state index contributed by atoms with van der Waals surface area (Å²) in [5.41, 5.74) is 5.74. The van der Waals surface area contributed by atoms with Crippen molar-refractivity contribution in [2.45, 2.75) is 27.3 Å². The smallest absolute Gasteiger partial charge is 0.341 e. The number of nitrogens with one attached hydrogen (secondary N) is 1. The lowest BCUT2D eigenvalue weighted by Crippen LogP contribution is -2.12. The second kappa shape index (κ2) is 7.83. The Morgan fingerprint density at radius 3 is 2.79 bits per heavy atom. The maximum Gasteiger partial charge on any atom is 0.341 e. The van der Waals surface area contributed by atoms with Crippen LogP contribution in [-0.2, 0) is 11.3 Å². The van der Waals surface area contributed by atoms with Crippen LogP contribution in [0.2, 0.25) is 0 Å². The molecule has 6 heteroatoms. The fourth-order valence-corrected chi connectivity index (χ4v) is 3.48. The zero-order valence-electron chi connectivity index (χ0n) is 16.7. The predicted octanol–water partition coefficient (Wildman–Crippen LogP) is 4.58. The van der Waals surface area contributed by atoms with Crippen LogP contribution in [0.25, 0.3) is 21.8 Å². The second-order valence-electron chi connectivity index (χ2n) is 6.92. The summed E-state index contributed by atoms with van der Waals surface area (Å²) in [6, 6.07) is 9.98. The summed E-state index contributed by atoms with van der Waals surface area (Å²) >= 11 is 0. The fourth-order valence-electron chi connectivity index (χ4n) is 3.48. The van der Waals surface area contributed by atoms with Crippen molar-refractivity contribution in [1.29, 1.82) is 0 Å². The molecular formula is C23H22N4O2. The summed E-state index contributed by atoms with van der Waals surface area (Å²) in [6.07, 6.45) is 5.12. The van der Waals surface area contributed by atoms with E-state index in [2.05, 4.69) is 21.4 Å². The van der Waals surface area contributed by atoms with Gasteiger partial charge in [0, 0.05) is 41.6 Å². The first-order valence-corrected chi connectivity index (χ1v) is 9.58. The lowest BCUT2D eigenvalue weighted by Gasteiger charge is -2.16. The number of carbonyl (C=O) groups excluding carboxylic acids is 1. The Hall–Kier alpha value is -3.54. The van der Waals surface area contributed by atoms with Crippen LogP contribution in [0.15, 0.2) is 48.9 Å². The van der Waals surface area contributed by atoms with Gasteiger partial charge in [0.05, 0.1) is 23.3 Å². The number of nitrogens with zero attached hydrogens (tertiary/aromatic N) is 3. The summed E-state index contributed by atoms with van der Waals surface area (Å²) in [4.78, 5) is 26.2. The first-order chi connectivity index (χ1) is 14.1. The largest absolute Gasteiger partial charge is 0.462 e. The predicted molar refractivity (Wildman–Crippen MR) is 114 cm³/mol. The molecule has 0 aliphatic rings. The molecule has 3 aromatic heterocycles. The van der Waals surface area contributed by atoms with Crippen LogP contribution in [0, 0.1) is 13.8 Å². The number of esters is 1. The van der Waals surface area contributed by atoms with Crippen LogP contribution in [0.3, 0.4) is 0 Å².